The predicted octanol–water partition coefficient (Wildman–Crippen LogP) is 2.66. The number of fused-ring (bicyclic) bond motifs is 1. The molecule has 114 valence electrons. The highest BCUT2D eigenvalue weighted by molar-refractivity contribution is 5.86. The van der Waals surface area contributed by atoms with E-state index < -0.39 is 0 Å². The molecule has 4 nitrogen and oxygen atoms in total. The lowest BCUT2D eigenvalue weighted by Crippen LogP contribution is -2.47. The molecule has 0 aromatic heterocycles. The monoisotopic (exact) mass is 288 g/mol. The lowest BCUT2D eigenvalue weighted by molar-refractivity contribution is -0.125. The van der Waals surface area contributed by atoms with Gasteiger partial charge in [-0.3, -0.25) is 4.79 Å². The number of carbonyl (C=O) groups is 1. The van der Waals surface area contributed by atoms with Crippen LogP contribution in [-0.4, -0.2) is 30.7 Å². The molecule has 1 fully saturated rings. The Balaban J connectivity index is 1.69. The van der Waals surface area contributed by atoms with Gasteiger partial charge in [0.25, 0.3) is 0 Å². The highest BCUT2D eigenvalue weighted by Crippen LogP contribution is 2.32. The Bertz CT molecular complexity index is 527. The van der Waals surface area contributed by atoms with Crippen LogP contribution in [-0.2, 0) is 9.53 Å². The van der Waals surface area contributed by atoms with Crippen LogP contribution >= 0.6 is 0 Å². The van der Waals surface area contributed by atoms with Crippen LogP contribution in [0.4, 0.5) is 5.69 Å². The average Bonchev–Trinajstić information content (AvgIpc) is 2.45. The maximum Gasteiger partial charge on any atom is 0.227 e. The van der Waals surface area contributed by atoms with E-state index in [2.05, 4.69) is 30.5 Å². The third kappa shape index (κ3) is 3.21. The highest BCUT2D eigenvalue weighted by Gasteiger charge is 2.32. The van der Waals surface area contributed by atoms with E-state index in [1.807, 2.05) is 18.2 Å². The number of hydrogen-bond acceptors (Lipinski definition) is 3. The molecule has 0 bridgehead atoms. The number of para-hydroxylation sites is 1. The molecular weight excluding hydrogens is 264 g/mol. The fourth-order valence-electron chi connectivity index (χ4n) is 3.40. The molecule has 2 atom stereocenters. The summed E-state index contributed by atoms with van der Waals surface area (Å²) < 4.78 is 5.72. The van der Waals surface area contributed by atoms with Gasteiger partial charge in [-0.2, -0.15) is 0 Å². The molecule has 21 heavy (non-hydrogen) atoms. The third-order valence-electron chi connectivity index (χ3n) is 4.44. The van der Waals surface area contributed by atoms with E-state index in [1.165, 1.54) is 0 Å². The van der Waals surface area contributed by atoms with Crippen molar-refractivity contribution >= 4 is 11.6 Å². The summed E-state index contributed by atoms with van der Waals surface area (Å²) >= 11 is 0. The van der Waals surface area contributed by atoms with Crippen molar-refractivity contribution in [2.24, 2.45) is 0 Å². The largest absolute Gasteiger partial charge is 0.385 e. The molecule has 0 saturated carbocycles. The number of benzene rings is 1. The molecular formula is C17H24N2O2. The zero-order chi connectivity index (χ0) is 14.9. The van der Waals surface area contributed by atoms with Gasteiger partial charge in [-0.1, -0.05) is 18.2 Å². The van der Waals surface area contributed by atoms with Crippen molar-refractivity contribution in [1.29, 1.82) is 0 Å². The summed E-state index contributed by atoms with van der Waals surface area (Å²) in [5.41, 5.74) is 2.08. The molecule has 0 spiro atoms. The first kappa shape index (κ1) is 14.4. The van der Waals surface area contributed by atoms with Gasteiger partial charge in [0.2, 0.25) is 5.91 Å². The number of amides is 1. The predicted molar refractivity (Wildman–Crippen MR) is 83.5 cm³/mol. The van der Waals surface area contributed by atoms with Crippen LogP contribution in [0.5, 0.6) is 0 Å². The quantitative estimate of drug-likeness (QED) is 0.879. The first-order valence-corrected chi connectivity index (χ1v) is 7.82. The van der Waals surface area contributed by atoms with Crippen LogP contribution < -0.4 is 10.6 Å². The Labute approximate surface area is 126 Å². The van der Waals surface area contributed by atoms with E-state index in [4.69, 9.17) is 4.74 Å². The van der Waals surface area contributed by atoms with Gasteiger partial charge in [0, 0.05) is 24.9 Å². The Morgan fingerprint density at radius 1 is 1.33 bits per heavy atom. The summed E-state index contributed by atoms with van der Waals surface area (Å²) in [4.78, 5) is 12.7. The molecule has 2 unspecified atom stereocenters. The van der Waals surface area contributed by atoms with Crippen molar-refractivity contribution < 1.29 is 9.53 Å². The summed E-state index contributed by atoms with van der Waals surface area (Å²) in [5.74, 6) is 0.125. The molecule has 0 aliphatic carbocycles. The minimum absolute atomic E-state index is 0.0339. The standard InChI is InChI=1S/C17H24N2O2/c1-17(2)11-12(8-10-21-17)19-16(20)14-7-9-18-15-6-4-3-5-13(14)15/h3-6,12,14,18H,7-11H2,1-2H3,(H,19,20). The molecule has 1 amide bonds. The minimum atomic E-state index is -0.137. The van der Waals surface area contributed by atoms with Crippen molar-refractivity contribution in [2.75, 3.05) is 18.5 Å². The molecule has 4 heteroatoms. The van der Waals surface area contributed by atoms with E-state index in [0.717, 1.165) is 43.7 Å². The average molecular weight is 288 g/mol. The van der Waals surface area contributed by atoms with Gasteiger partial charge in [-0.05, 0) is 44.7 Å². The Morgan fingerprint density at radius 2 is 2.14 bits per heavy atom. The van der Waals surface area contributed by atoms with E-state index in [9.17, 15) is 4.79 Å². The second-order valence-corrected chi connectivity index (χ2v) is 6.66. The third-order valence-corrected chi connectivity index (χ3v) is 4.44. The normalized spacial score (nSPS) is 27.3. The topological polar surface area (TPSA) is 50.4 Å². The van der Waals surface area contributed by atoms with Gasteiger partial charge in [-0.15, -0.1) is 0 Å². The molecule has 2 N–H and O–H groups in total. The van der Waals surface area contributed by atoms with E-state index in [1.54, 1.807) is 0 Å². The Kier molecular flexibility index (Phi) is 3.89. The minimum Gasteiger partial charge on any atom is -0.385 e. The molecule has 2 heterocycles. The van der Waals surface area contributed by atoms with E-state index >= 15 is 0 Å². The zero-order valence-electron chi connectivity index (χ0n) is 12.8. The van der Waals surface area contributed by atoms with Crippen molar-refractivity contribution in [3.63, 3.8) is 0 Å². The summed E-state index contributed by atoms with van der Waals surface area (Å²) in [6.45, 7) is 5.76. The number of anilines is 1. The fourth-order valence-corrected chi connectivity index (χ4v) is 3.40. The summed E-state index contributed by atoms with van der Waals surface area (Å²) in [5, 5.41) is 6.60. The van der Waals surface area contributed by atoms with Crippen molar-refractivity contribution in [1.82, 2.24) is 5.32 Å². The summed E-state index contributed by atoms with van der Waals surface area (Å²) in [6, 6.07) is 8.34. The number of nitrogens with one attached hydrogen (secondary N) is 2. The number of carbonyl (C=O) groups excluding carboxylic acids is 1. The molecule has 1 saturated heterocycles. The van der Waals surface area contributed by atoms with Crippen LogP contribution in [0.15, 0.2) is 24.3 Å². The van der Waals surface area contributed by atoms with Gasteiger partial charge in [0.1, 0.15) is 0 Å². The van der Waals surface area contributed by atoms with Crippen LogP contribution in [0.25, 0.3) is 0 Å². The first-order chi connectivity index (χ1) is 10.1. The molecule has 0 radical (unpaired) electrons. The fraction of sp³-hybridized carbons (Fsp3) is 0.588. The lowest BCUT2D eigenvalue weighted by Gasteiger charge is -2.36. The van der Waals surface area contributed by atoms with Gasteiger partial charge in [0.15, 0.2) is 0 Å². The van der Waals surface area contributed by atoms with Crippen LogP contribution in [0.1, 0.15) is 44.6 Å². The van der Waals surface area contributed by atoms with Gasteiger partial charge in [0.05, 0.1) is 11.5 Å². The summed E-state index contributed by atoms with van der Waals surface area (Å²) in [7, 11) is 0. The first-order valence-electron chi connectivity index (χ1n) is 7.82. The number of ether oxygens (including phenoxy) is 1. The molecule has 1 aromatic carbocycles. The highest BCUT2D eigenvalue weighted by atomic mass is 16.5. The van der Waals surface area contributed by atoms with Gasteiger partial charge < -0.3 is 15.4 Å². The smallest absolute Gasteiger partial charge is 0.227 e. The van der Waals surface area contributed by atoms with E-state index in [0.29, 0.717) is 0 Å². The van der Waals surface area contributed by atoms with Crippen molar-refractivity contribution in [3.05, 3.63) is 29.8 Å². The Morgan fingerprint density at radius 3 is 2.95 bits per heavy atom. The SMILES string of the molecule is CC1(C)CC(NC(=O)C2CCNc3ccccc32)CCO1. The van der Waals surface area contributed by atoms with E-state index in [-0.39, 0.29) is 23.5 Å². The maximum atomic E-state index is 12.7. The second kappa shape index (κ2) is 5.68. The van der Waals surface area contributed by atoms with Crippen LogP contribution in [0.2, 0.25) is 0 Å². The maximum absolute atomic E-state index is 12.7. The number of hydrogen-bond donors (Lipinski definition) is 2. The van der Waals surface area contributed by atoms with Crippen LogP contribution in [0, 0.1) is 0 Å². The van der Waals surface area contributed by atoms with Gasteiger partial charge in [-0.25, -0.2) is 0 Å². The molecule has 2 aliphatic heterocycles. The van der Waals surface area contributed by atoms with Crippen molar-refractivity contribution in [2.45, 2.75) is 50.7 Å². The second-order valence-electron chi connectivity index (χ2n) is 6.66. The van der Waals surface area contributed by atoms with Crippen LogP contribution in [0.3, 0.4) is 0 Å². The zero-order valence-corrected chi connectivity index (χ0v) is 12.8. The summed E-state index contributed by atoms with van der Waals surface area (Å²) in [6.07, 6.45) is 2.64. The molecule has 1 aromatic rings. The molecule has 2 aliphatic rings. The lowest BCUT2D eigenvalue weighted by atomic mass is 9.88. The number of rotatable bonds is 2. The Hall–Kier alpha value is -1.55. The van der Waals surface area contributed by atoms with Crippen molar-refractivity contribution in [3.8, 4) is 0 Å². The van der Waals surface area contributed by atoms with Gasteiger partial charge >= 0.3 is 0 Å². The molecule has 3 rings (SSSR count).